The normalized spacial score (nSPS) is 20.6. The van der Waals surface area contributed by atoms with E-state index in [0.717, 1.165) is 24.6 Å². The van der Waals surface area contributed by atoms with Crippen molar-refractivity contribution >= 4 is 5.96 Å². The molecule has 122 valence electrons. The van der Waals surface area contributed by atoms with E-state index in [9.17, 15) is 0 Å². The van der Waals surface area contributed by atoms with E-state index in [2.05, 4.69) is 16.8 Å². The van der Waals surface area contributed by atoms with Gasteiger partial charge < -0.3 is 20.1 Å². The monoisotopic (exact) mass is 305 g/mol. The maximum absolute atomic E-state index is 6.10. The number of guanidine groups is 1. The molecule has 0 spiro atoms. The highest BCUT2D eigenvalue weighted by molar-refractivity contribution is 5.78. The van der Waals surface area contributed by atoms with Crippen molar-refractivity contribution < 1.29 is 9.47 Å². The summed E-state index contributed by atoms with van der Waals surface area (Å²) < 4.78 is 11.0. The maximum atomic E-state index is 6.10. The van der Waals surface area contributed by atoms with Crippen LogP contribution in [0.2, 0.25) is 0 Å². The van der Waals surface area contributed by atoms with Crippen LogP contribution in [0.1, 0.15) is 26.7 Å². The number of nitrogens with zero attached hydrogens (tertiary/aromatic N) is 2. The second kappa shape index (κ2) is 7.92. The van der Waals surface area contributed by atoms with Gasteiger partial charge in [-0.05, 0) is 37.8 Å². The topological polar surface area (TPSA) is 60.1 Å². The van der Waals surface area contributed by atoms with Crippen LogP contribution in [-0.4, -0.2) is 43.7 Å². The Labute approximate surface area is 133 Å². The van der Waals surface area contributed by atoms with Gasteiger partial charge in [-0.3, -0.25) is 0 Å². The zero-order chi connectivity index (χ0) is 15.9. The summed E-state index contributed by atoms with van der Waals surface area (Å²) in [6.07, 6.45) is 2.43. The SMILES string of the molecule is COc1cccc(OC(C)CN=C(N)N2CCCC(C)C2)c1. The minimum atomic E-state index is -0.0344. The summed E-state index contributed by atoms with van der Waals surface area (Å²) in [4.78, 5) is 6.66. The fraction of sp³-hybridized carbons (Fsp3) is 0.588. The van der Waals surface area contributed by atoms with Gasteiger partial charge in [0.1, 0.15) is 17.6 Å². The van der Waals surface area contributed by atoms with Gasteiger partial charge in [-0.15, -0.1) is 0 Å². The van der Waals surface area contributed by atoms with Crippen molar-refractivity contribution in [2.24, 2.45) is 16.6 Å². The van der Waals surface area contributed by atoms with Gasteiger partial charge in [0.25, 0.3) is 0 Å². The van der Waals surface area contributed by atoms with Crippen LogP contribution in [0.4, 0.5) is 0 Å². The van der Waals surface area contributed by atoms with Crippen molar-refractivity contribution in [3.8, 4) is 11.5 Å². The first-order valence-corrected chi connectivity index (χ1v) is 7.94. The molecule has 2 rings (SSSR count). The predicted molar refractivity (Wildman–Crippen MR) is 89.5 cm³/mol. The Morgan fingerprint density at radius 2 is 2.23 bits per heavy atom. The lowest BCUT2D eigenvalue weighted by Crippen LogP contribution is -2.43. The zero-order valence-electron chi connectivity index (χ0n) is 13.8. The standard InChI is InChI=1S/C17H27N3O2/c1-13-6-5-9-20(12-13)17(18)19-11-14(2)22-16-8-4-7-15(10-16)21-3/h4,7-8,10,13-14H,5-6,9,11-12H2,1-3H3,(H2,18,19). The zero-order valence-corrected chi connectivity index (χ0v) is 13.8. The van der Waals surface area contributed by atoms with E-state index in [4.69, 9.17) is 15.2 Å². The average Bonchev–Trinajstić information content (AvgIpc) is 2.52. The van der Waals surface area contributed by atoms with E-state index in [-0.39, 0.29) is 6.10 Å². The predicted octanol–water partition coefficient (Wildman–Crippen LogP) is 2.51. The number of benzene rings is 1. The lowest BCUT2D eigenvalue weighted by Gasteiger charge is -2.31. The summed E-state index contributed by atoms with van der Waals surface area (Å²) in [6, 6.07) is 7.59. The van der Waals surface area contributed by atoms with Crippen LogP contribution in [0.3, 0.4) is 0 Å². The molecule has 0 radical (unpaired) electrons. The molecule has 0 aliphatic carbocycles. The number of methoxy groups -OCH3 is 1. The molecule has 1 aromatic rings. The molecule has 0 bridgehead atoms. The molecule has 5 nitrogen and oxygen atoms in total. The molecule has 1 heterocycles. The summed E-state index contributed by atoms with van der Waals surface area (Å²) in [5.74, 6) is 2.89. The van der Waals surface area contributed by atoms with Crippen LogP contribution in [0.15, 0.2) is 29.3 Å². The number of ether oxygens (including phenoxy) is 2. The van der Waals surface area contributed by atoms with Crippen LogP contribution >= 0.6 is 0 Å². The van der Waals surface area contributed by atoms with Gasteiger partial charge in [0.15, 0.2) is 5.96 Å². The molecule has 0 saturated carbocycles. The van der Waals surface area contributed by atoms with Crippen LogP contribution in [0.5, 0.6) is 11.5 Å². The van der Waals surface area contributed by atoms with Crippen molar-refractivity contribution in [3.05, 3.63) is 24.3 Å². The van der Waals surface area contributed by atoms with E-state index in [1.54, 1.807) is 7.11 Å². The minimum Gasteiger partial charge on any atom is -0.497 e. The smallest absolute Gasteiger partial charge is 0.191 e. The van der Waals surface area contributed by atoms with E-state index in [1.807, 2.05) is 31.2 Å². The lowest BCUT2D eigenvalue weighted by molar-refractivity contribution is 0.227. The second-order valence-corrected chi connectivity index (χ2v) is 6.00. The molecule has 1 saturated heterocycles. The Bertz CT molecular complexity index is 504. The van der Waals surface area contributed by atoms with Crippen molar-refractivity contribution in [2.75, 3.05) is 26.7 Å². The second-order valence-electron chi connectivity index (χ2n) is 6.00. The first kappa shape index (κ1) is 16.5. The Hall–Kier alpha value is -1.91. The van der Waals surface area contributed by atoms with Gasteiger partial charge in [0, 0.05) is 19.2 Å². The molecule has 0 amide bonds. The molecule has 0 aromatic heterocycles. The number of likely N-dealkylation sites (tertiary alicyclic amines) is 1. The van der Waals surface area contributed by atoms with E-state index in [0.29, 0.717) is 18.4 Å². The molecule has 1 aliphatic rings. The van der Waals surface area contributed by atoms with Gasteiger partial charge in [0.05, 0.1) is 13.7 Å². The van der Waals surface area contributed by atoms with Crippen molar-refractivity contribution in [1.82, 2.24) is 4.90 Å². The van der Waals surface area contributed by atoms with Gasteiger partial charge in [0.2, 0.25) is 0 Å². The van der Waals surface area contributed by atoms with E-state index in [1.165, 1.54) is 12.8 Å². The number of rotatable bonds is 5. The first-order chi connectivity index (χ1) is 10.6. The van der Waals surface area contributed by atoms with E-state index < -0.39 is 0 Å². The van der Waals surface area contributed by atoms with Gasteiger partial charge in [-0.25, -0.2) is 4.99 Å². The Morgan fingerprint density at radius 3 is 2.95 bits per heavy atom. The number of hydrogen-bond acceptors (Lipinski definition) is 3. The van der Waals surface area contributed by atoms with Crippen LogP contribution in [0, 0.1) is 5.92 Å². The summed E-state index contributed by atoms with van der Waals surface area (Å²) in [5, 5.41) is 0. The van der Waals surface area contributed by atoms with Crippen LogP contribution in [0.25, 0.3) is 0 Å². The van der Waals surface area contributed by atoms with Crippen LogP contribution < -0.4 is 15.2 Å². The lowest BCUT2D eigenvalue weighted by atomic mass is 10.0. The van der Waals surface area contributed by atoms with Gasteiger partial charge >= 0.3 is 0 Å². The Morgan fingerprint density at radius 1 is 1.45 bits per heavy atom. The largest absolute Gasteiger partial charge is 0.497 e. The number of aliphatic imine (C=N–C) groups is 1. The van der Waals surface area contributed by atoms with Crippen LogP contribution in [-0.2, 0) is 0 Å². The minimum absolute atomic E-state index is 0.0344. The molecule has 1 aliphatic heterocycles. The van der Waals surface area contributed by atoms with E-state index >= 15 is 0 Å². The molecule has 5 heteroatoms. The highest BCUT2D eigenvalue weighted by Gasteiger charge is 2.17. The maximum Gasteiger partial charge on any atom is 0.191 e. The Balaban J connectivity index is 1.85. The van der Waals surface area contributed by atoms with Crippen molar-refractivity contribution in [1.29, 1.82) is 0 Å². The molecule has 2 unspecified atom stereocenters. The van der Waals surface area contributed by atoms with Gasteiger partial charge in [-0.1, -0.05) is 13.0 Å². The average molecular weight is 305 g/mol. The molecular weight excluding hydrogens is 278 g/mol. The van der Waals surface area contributed by atoms with Crippen molar-refractivity contribution in [2.45, 2.75) is 32.8 Å². The fourth-order valence-electron chi connectivity index (χ4n) is 2.66. The third-order valence-corrected chi connectivity index (χ3v) is 3.87. The Kier molecular flexibility index (Phi) is 5.92. The number of hydrogen-bond donors (Lipinski definition) is 1. The molecule has 1 aromatic carbocycles. The molecule has 22 heavy (non-hydrogen) atoms. The summed E-state index contributed by atoms with van der Waals surface area (Å²) in [6.45, 7) is 6.81. The highest BCUT2D eigenvalue weighted by atomic mass is 16.5. The molecule has 1 fully saturated rings. The fourth-order valence-corrected chi connectivity index (χ4v) is 2.66. The van der Waals surface area contributed by atoms with Crippen molar-refractivity contribution in [3.63, 3.8) is 0 Å². The highest BCUT2D eigenvalue weighted by Crippen LogP contribution is 2.20. The molecule has 2 N–H and O–H groups in total. The third-order valence-electron chi connectivity index (χ3n) is 3.87. The summed E-state index contributed by atoms with van der Waals surface area (Å²) in [5.41, 5.74) is 6.10. The van der Waals surface area contributed by atoms with Gasteiger partial charge in [-0.2, -0.15) is 0 Å². The summed E-state index contributed by atoms with van der Waals surface area (Å²) >= 11 is 0. The molecular formula is C17H27N3O2. The quantitative estimate of drug-likeness (QED) is 0.671. The summed E-state index contributed by atoms with van der Waals surface area (Å²) in [7, 11) is 1.65. The first-order valence-electron chi connectivity index (χ1n) is 7.94. The molecule has 2 atom stereocenters. The third kappa shape index (κ3) is 4.83. The number of nitrogens with two attached hydrogens (primary N) is 1. The number of piperidine rings is 1.